The van der Waals surface area contributed by atoms with E-state index >= 15 is 0 Å². The normalized spacial score (nSPS) is 9.25. The van der Waals surface area contributed by atoms with E-state index in [1.807, 2.05) is 36.0 Å². The molecular weight excluding hydrogens is 176 g/mol. The van der Waals surface area contributed by atoms with Crippen LogP contribution in [0, 0.1) is 0 Å². The highest BCUT2D eigenvalue weighted by atomic mass is 35.5. The van der Waals surface area contributed by atoms with Crippen molar-refractivity contribution >= 4 is 17.8 Å². The van der Waals surface area contributed by atoms with Gasteiger partial charge in [-0.1, -0.05) is 5.16 Å². The van der Waals surface area contributed by atoms with Gasteiger partial charge in [0.2, 0.25) is 5.69 Å². The molecule has 1 rings (SSSR count). The van der Waals surface area contributed by atoms with Crippen LogP contribution in [0.1, 0.15) is 5.69 Å². The predicted molar refractivity (Wildman–Crippen MR) is 48.8 cm³/mol. The van der Waals surface area contributed by atoms with Crippen LogP contribution >= 0.6 is 11.6 Å². The van der Waals surface area contributed by atoms with Crippen LogP contribution in [0.2, 0.25) is 0 Å². The molecule has 0 atom stereocenters. The Morgan fingerprint density at radius 3 is 2.67 bits per heavy atom. The Morgan fingerprint density at radius 1 is 1.50 bits per heavy atom. The summed E-state index contributed by atoms with van der Waals surface area (Å²) in [4.78, 5) is 0. The number of hydrogen-bond donors (Lipinski definition) is 1. The van der Waals surface area contributed by atoms with Crippen LogP contribution in [0.5, 0.6) is 0 Å². The van der Waals surface area contributed by atoms with Crippen LogP contribution in [0.4, 0.5) is 0 Å². The lowest BCUT2D eigenvalue weighted by molar-refractivity contribution is -0.672. The molecule has 1 heterocycles. The Hall–Kier alpha value is -1.09. The molecule has 0 spiro atoms. The highest BCUT2D eigenvalue weighted by Gasteiger charge is 1.98. The van der Waals surface area contributed by atoms with E-state index in [1.54, 1.807) is 0 Å². The maximum Gasteiger partial charge on any atom is 0.226 e. The lowest BCUT2D eigenvalue weighted by Crippen LogP contribution is -2.32. The minimum atomic E-state index is 0.866. The minimum absolute atomic E-state index is 0.866. The molecule has 12 heavy (non-hydrogen) atoms. The molecule has 0 aliphatic carbocycles. The zero-order chi connectivity index (χ0) is 9.40. The van der Waals surface area contributed by atoms with E-state index in [-0.39, 0.29) is 0 Å². The van der Waals surface area contributed by atoms with Crippen molar-refractivity contribution in [3.8, 4) is 0 Å². The molecule has 0 aliphatic rings. The number of oxime groups is 1. The van der Waals surface area contributed by atoms with Crippen molar-refractivity contribution in [3.05, 3.63) is 30.1 Å². The van der Waals surface area contributed by atoms with Gasteiger partial charge in [-0.25, -0.2) is 4.57 Å². The third-order valence-corrected chi connectivity index (χ3v) is 1.29. The summed E-state index contributed by atoms with van der Waals surface area (Å²) >= 11 is 4.64. The molecule has 0 saturated carbocycles. The van der Waals surface area contributed by atoms with Crippen molar-refractivity contribution < 1.29 is 9.77 Å². The topological polar surface area (TPSA) is 36.5 Å². The number of hydrogen-bond acceptors (Lipinski definition) is 2. The number of alkyl halides is 1. The highest BCUT2D eigenvalue weighted by molar-refractivity contribution is 6.15. The number of aromatic nitrogens is 1. The van der Waals surface area contributed by atoms with Crippen LogP contribution in [-0.4, -0.2) is 17.8 Å². The lowest BCUT2D eigenvalue weighted by atomic mass is 10.4. The second kappa shape index (κ2) is 6.61. The standard InChI is InChI=1S/C7H8N2O.CH3Cl/c1-9-5-3-2-4-7(9)6-8-10;1-2/h2-6H,1H3;1H3/p+1. The molecule has 0 fully saturated rings. The predicted octanol–water partition coefficient (Wildman–Crippen LogP) is 1.17. The Balaban J connectivity index is 0.000000561. The van der Waals surface area contributed by atoms with E-state index in [4.69, 9.17) is 5.21 Å². The fourth-order valence-corrected chi connectivity index (χ4v) is 0.730. The fourth-order valence-electron chi connectivity index (χ4n) is 0.730. The quantitative estimate of drug-likeness (QED) is 0.232. The monoisotopic (exact) mass is 187 g/mol. The van der Waals surface area contributed by atoms with E-state index in [2.05, 4.69) is 16.8 Å². The second-order valence-corrected chi connectivity index (χ2v) is 1.98. The van der Waals surface area contributed by atoms with Crippen LogP contribution in [0.15, 0.2) is 29.6 Å². The first-order chi connectivity index (χ1) is 5.84. The summed E-state index contributed by atoms with van der Waals surface area (Å²) in [6.45, 7) is 0. The summed E-state index contributed by atoms with van der Waals surface area (Å²) in [6, 6.07) is 5.66. The molecule has 0 bridgehead atoms. The molecular formula is C8H12ClN2O+. The summed E-state index contributed by atoms with van der Waals surface area (Å²) in [5.74, 6) is 0. The van der Waals surface area contributed by atoms with Crippen molar-refractivity contribution in [3.63, 3.8) is 0 Å². The zero-order valence-corrected chi connectivity index (χ0v) is 7.86. The first kappa shape index (κ1) is 10.9. The molecule has 1 N–H and O–H groups in total. The Kier molecular flexibility index (Phi) is 6.01. The fraction of sp³-hybridized carbons (Fsp3) is 0.250. The average molecular weight is 188 g/mol. The van der Waals surface area contributed by atoms with E-state index < -0.39 is 0 Å². The lowest BCUT2D eigenvalue weighted by Gasteiger charge is -1.88. The third-order valence-electron chi connectivity index (χ3n) is 1.29. The van der Waals surface area contributed by atoms with Crippen LogP contribution in [-0.2, 0) is 7.05 Å². The maximum absolute atomic E-state index is 8.20. The number of aryl methyl sites for hydroxylation is 1. The smallest absolute Gasteiger partial charge is 0.226 e. The maximum atomic E-state index is 8.20. The van der Waals surface area contributed by atoms with Crippen molar-refractivity contribution in [1.82, 2.24) is 0 Å². The highest BCUT2D eigenvalue weighted by Crippen LogP contribution is 1.84. The van der Waals surface area contributed by atoms with Gasteiger partial charge in [0.15, 0.2) is 6.20 Å². The summed E-state index contributed by atoms with van der Waals surface area (Å²) in [7, 11) is 1.89. The molecule has 66 valence electrons. The van der Waals surface area contributed by atoms with E-state index in [1.165, 1.54) is 12.6 Å². The molecule has 1 aromatic rings. The SMILES string of the molecule is CCl.C[n+]1ccccc1C=NO. The number of nitrogens with zero attached hydrogens (tertiary/aromatic N) is 2. The molecule has 0 unspecified atom stereocenters. The number of rotatable bonds is 1. The average Bonchev–Trinajstić information content (AvgIpc) is 2.13. The van der Waals surface area contributed by atoms with E-state index in [0.717, 1.165) is 5.69 Å². The molecule has 0 aromatic carbocycles. The molecule has 1 aromatic heterocycles. The first-order valence-electron chi connectivity index (χ1n) is 3.34. The van der Waals surface area contributed by atoms with Crippen molar-refractivity contribution in [1.29, 1.82) is 0 Å². The van der Waals surface area contributed by atoms with Gasteiger partial charge >= 0.3 is 0 Å². The molecule has 4 heteroatoms. The van der Waals surface area contributed by atoms with Crippen LogP contribution < -0.4 is 4.57 Å². The third kappa shape index (κ3) is 3.34. The van der Waals surface area contributed by atoms with Gasteiger partial charge in [-0.15, -0.1) is 11.6 Å². The van der Waals surface area contributed by atoms with Gasteiger partial charge in [-0.3, -0.25) is 0 Å². The molecule has 0 radical (unpaired) electrons. The van der Waals surface area contributed by atoms with Crippen LogP contribution in [0.25, 0.3) is 0 Å². The van der Waals surface area contributed by atoms with Gasteiger partial charge in [-0.2, -0.15) is 0 Å². The molecule has 0 aliphatic heterocycles. The Labute approximate surface area is 76.9 Å². The Bertz CT molecular complexity index is 251. The van der Waals surface area contributed by atoms with Gasteiger partial charge < -0.3 is 5.21 Å². The second-order valence-electron chi connectivity index (χ2n) is 1.98. The first-order valence-corrected chi connectivity index (χ1v) is 4.10. The molecule has 3 nitrogen and oxygen atoms in total. The van der Waals surface area contributed by atoms with Gasteiger partial charge in [0.25, 0.3) is 0 Å². The number of halogens is 1. The Morgan fingerprint density at radius 2 is 2.17 bits per heavy atom. The summed E-state index contributed by atoms with van der Waals surface area (Å²) < 4.78 is 1.86. The number of pyridine rings is 1. The van der Waals surface area contributed by atoms with E-state index in [9.17, 15) is 0 Å². The largest absolute Gasteiger partial charge is 0.411 e. The summed E-state index contributed by atoms with van der Waals surface area (Å²) in [5.41, 5.74) is 0.866. The summed E-state index contributed by atoms with van der Waals surface area (Å²) in [5, 5.41) is 11.1. The van der Waals surface area contributed by atoms with Crippen molar-refractivity contribution in [2.24, 2.45) is 12.2 Å². The van der Waals surface area contributed by atoms with Gasteiger partial charge in [0.05, 0.1) is 0 Å². The van der Waals surface area contributed by atoms with Gasteiger partial charge in [-0.05, 0) is 6.07 Å². The molecule has 0 saturated heterocycles. The van der Waals surface area contributed by atoms with E-state index in [0.29, 0.717) is 0 Å². The minimum Gasteiger partial charge on any atom is -0.411 e. The van der Waals surface area contributed by atoms with Gasteiger partial charge in [0.1, 0.15) is 13.3 Å². The summed E-state index contributed by atoms with van der Waals surface area (Å²) in [6.07, 6.45) is 4.75. The molecule has 0 amide bonds. The van der Waals surface area contributed by atoms with Crippen LogP contribution in [0.3, 0.4) is 0 Å². The van der Waals surface area contributed by atoms with Crippen molar-refractivity contribution in [2.45, 2.75) is 0 Å². The van der Waals surface area contributed by atoms with Crippen molar-refractivity contribution in [2.75, 3.05) is 6.38 Å². The zero-order valence-electron chi connectivity index (χ0n) is 7.11. The van der Waals surface area contributed by atoms with Gasteiger partial charge in [0, 0.05) is 18.5 Å².